The van der Waals surface area contributed by atoms with Gasteiger partial charge in [0, 0.05) is 23.1 Å². The molecule has 0 aliphatic heterocycles. The Morgan fingerprint density at radius 1 is 1.13 bits per heavy atom. The van der Waals surface area contributed by atoms with Crippen LogP contribution < -0.4 is 15.1 Å². The minimum Gasteiger partial charge on any atom is -0.493 e. The van der Waals surface area contributed by atoms with Gasteiger partial charge in [0.05, 0.1) is 19.2 Å². The summed E-state index contributed by atoms with van der Waals surface area (Å²) in [6.45, 7) is 3.76. The molecule has 0 spiro atoms. The average Bonchev–Trinajstić information content (AvgIpc) is 2.72. The van der Waals surface area contributed by atoms with Crippen molar-refractivity contribution >= 4 is 34.6 Å². The largest absolute Gasteiger partial charge is 0.493 e. The summed E-state index contributed by atoms with van der Waals surface area (Å²) >= 11 is 6.17. The van der Waals surface area contributed by atoms with Crippen LogP contribution in [0.2, 0.25) is 5.02 Å². The van der Waals surface area contributed by atoms with Crippen LogP contribution in [0.4, 0.5) is 0 Å². The number of esters is 1. The van der Waals surface area contributed by atoms with Crippen LogP contribution in [0.15, 0.2) is 45.6 Å². The molecule has 0 bridgehead atoms. The number of hydrogen-bond donors (Lipinski definition) is 0. The number of aryl methyl sites for hydroxylation is 2. The molecule has 30 heavy (non-hydrogen) atoms. The topological polar surface area (TPSA) is 75.0 Å². The van der Waals surface area contributed by atoms with Gasteiger partial charge in [0.25, 0.3) is 0 Å². The van der Waals surface area contributed by atoms with Gasteiger partial charge in [-0.05, 0) is 48.7 Å². The molecular weight excluding hydrogens is 408 g/mol. The van der Waals surface area contributed by atoms with Gasteiger partial charge in [-0.2, -0.15) is 0 Å². The SMILES string of the molecule is COc1cc(/C=C/C(=O)OCc2cc(=O)oc3c(C)c(C)ccc23)cc(Cl)c1OC. The van der Waals surface area contributed by atoms with E-state index in [1.54, 1.807) is 18.2 Å². The van der Waals surface area contributed by atoms with E-state index < -0.39 is 11.6 Å². The number of ether oxygens (including phenoxy) is 3. The van der Waals surface area contributed by atoms with E-state index in [-0.39, 0.29) is 6.61 Å². The molecule has 1 heterocycles. The standard InChI is InChI=1S/C23H21ClO6/c1-13-5-7-17-16(11-21(26)30-22(17)14(13)2)12-29-20(25)8-6-15-9-18(24)23(28-4)19(10-15)27-3/h5-11H,12H2,1-4H3/b8-6+. The minimum atomic E-state index is -0.564. The molecule has 0 aliphatic carbocycles. The number of rotatable bonds is 6. The molecule has 0 unspecified atom stereocenters. The van der Waals surface area contributed by atoms with Gasteiger partial charge >= 0.3 is 11.6 Å². The molecule has 3 aromatic rings. The van der Waals surface area contributed by atoms with Gasteiger partial charge in [0.1, 0.15) is 12.2 Å². The molecule has 1 aromatic heterocycles. The first-order valence-corrected chi connectivity index (χ1v) is 9.51. The van der Waals surface area contributed by atoms with Crippen LogP contribution in [-0.4, -0.2) is 20.2 Å². The zero-order valence-corrected chi connectivity index (χ0v) is 17.8. The summed E-state index contributed by atoms with van der Waals surface area (Å²) in [7, 11) is 2.99. The van der Waals surface area contributed by atoms with Crippen LogP contribution in [0.1, 0.15) is 22.3 Å². The van der Waals surface area contributed by atoms with E-state index in [1.807, 2.05) is 26.0 Å². The summed E-state index contributed by atoms with van der Waals surface area (Å²) in [5, 5.41) is 1.10. The molecule has 3 rings (SSSR count). The highest BCUT2D eigenvalue weighted by Gasteiger charge is 2.12. The van der Waals surface area contributed by atoms with E-state index in [1.165, 1.54) is 26.4 Å². The molecular formula is C23H21ClO6. The molecule has 0 N–H and O–H groups in total. The molecule has 0 atom stereocenters. The molecule has 0 aliphatic rings. The maximum atomic E-state index is 12.2. The van der Waals surface area contributed by atoms with Crippen molar-refractivity contribution in [2.45, 2.75) is 20.5 Å². The number of benzene rings is 2. The van der Waals surface area contributed by atoms with Crippen LogP contribution >= 0.6 is 11.6 Å². The second kappa shape index (κ2) is 9.05. The maximum absolute atomic E-state index is 12.2. The number of halogens is 1. The molecule has 7 heteroatoms. The highest BCUT2D eigenvalue weighted by molar-refractivity contribution is 6.32. The summed E-state index contributed by atoms with van der Waals surface area (Å²) in [5.74, 6) is 0.302. The van der Waals surface area contributed by atoms with Crippen LogP contribution in [0.25, 0.3) is 17.0 Å². The lowest BCUT2D eigenvalue weighted by atomic mass is 10.0. The van der Waals surface area contributed by atoms with Gasteiger partial charge < -0.3 is 18.6 Å². The van der Waals surface area contributed by atoms with E-state index in [0.29, 0.717) is 33.2 Å². The lowest BCUT2D eigenvalue weighted by Gasteiger charge is -2.10. The molecule has 0 fully saturated rings. The Morgan fingerprint density at radius 2 is 1.90 bits per heavy atom. The summed E-state index contributed by atoms with van der Waals surface area (Å²) in [6.07, 6.45) is 2.84. The lowest BCUT2D eigenvalue weighted by Crippen LogP contribution is -2.06. The summed E-state index contributed by atoms with van der Waals surface area (Å²) in [4.78, 5) is 24.1. The highest BCUT2D eigenvalue weighted by Crippen LogP contribution is 2.36. The predicted molar refractivity (Wildman–Crippen MR) is 115 cm³/mol. The fraction of sp³-hybridized carbons (Fsp3) is 0.217. The molecule has 0 saturated heterocycles. The van der Waals surface area contributed by atoms with E-state index in [4.69, 9.17) is 30.2 Å². The molecule has 0 amide bonds. The van der Waals surface area contributed by atoms with E-state index >= 15 is 0 Å². The fourth-order valence-corrected chi connectivity index (χ4v) is 3.34. The van der Waals surface area contributed by atoms with Gasteiger partial charge in [-0.15, -0.1) is 0 Å². The van der Waals surface area contributed by atoms with Gasteiger partial charge in [0.2, 0.25) is 0 Å². The smallest absolute Gasteiger partial charge is 0.336 e. The van der Waals surface area contributed by atoms with E-state index in [2.05, 4.69) is 0 Å². The summed E-state index contributed by atoms with van der Waals surface area (Å²) in [6, 6.07) is 8.46. The van der Waals surface area contributed by atoms with E-state index in [9.17, 15) is 9.59 Å². The molecule has 0 saturated carbocycles. The van der Waals surface area contributed by atoms with Crippen molar-refractivity contribution in [1.29, 1.82) is 0 Å². The van der Waals surface area contributed by atoms with Crippen LogP contribution in [0, 0.1) is 13.8 Å². The van der Waals surface area contributed by atoms with Crippen molar-refractivity contribution < 1.29 is 23.4 Å². The van der Waals surface area contributed by atoms with Crippen molar-refractivity contribution in [3.63, 3.8) is 0 Å². The van der Waals surface area contributed by atoms with Crippen LogP contribution in [0.5, 0.6) is 11.5 Å². The Morgan fingerprint density at radius 3 is 2.60 bits per heavy atom. The fourth-order valence-electron chi connectivity index (χ4n) is 3.04. The predicted octanol–water partition coefficient (Wildman–Crippen LogP) is 4.84. The van der Waals surface area contributed by atoms with Crippen LogP contribution in [0.3, 0.4) is 0 Å². The summed E-state index contributed by atoms with van der Waals surface area (Å²) < 4.78 is 21.1. The Labute approximate surface area is 178 Å². The molecule has 156 valence electrons. The van der Waals surface area contributed by atoms with Crippen molar-refractivity contribution in [2.75, 3.05) is 14.2 Å². The van der Waals surface area contributed by atoms with Gasteiger partial charge in [-0.25, -0.2) is 9.59 Å². The monoisotopic (exact) mass is 428 g/mol. The molecule has 2 aromatic carbocycles. The summed E-state index contributed by atoms with van der Waals surface area (Å²) in [5.41, 5.74) is 3.13. The Hall–Kier alpha value is -3.25. The zero-order chi connectivity index (χ0) is 21.8. The Balaban J connectivity index is 1.78. The van der Waals surface area contributed by atoms with Crippen molar-refractivity contribution in [1.82, 2.24) is 0 Å². The van der Waals surface area contributed by atoms with Crippen molar-refractivity contribution in [3.8, 4) is 11.5 Å². The van der Waals surface area contributed by atoms with Crippen LogP contribution in [-0.2, 0) is 16.1 Å². The minimum absolute atomic E-state index is 0.0551. The van der Waals surface area contributed by atoms with Gasteiger partial charge in [-0.1, -0.05) is 23.7 Å². The quantitative estimate of drug-likeness (QED) is 0.318. The number of fused-ring (bicyclic) bond motifs is 1. The average molecular weight is 429 g/mol. The first-order valence-electron chi connectivity index (χ1n) is 9.13. The second-order valence-electron chi connectivity index (χ2n) is 6.65. The Bertz CT molecular complexity index is 1190. The number of carbonyl (C=O) groups excluding carboxylic acids is 1. The Kier molecular flexibility index (Phi) is 6.47. The third-order valence-electron chi connectivity index (χ3n) is 4.76. The normalized spacial score (nSPS) is 11.1. The highest BCUT2D eigenvalue weighted by atomic mass is 35.5. The van der Waals surface area contributed by atoms with Crippen molar-refractivity contribution in [2.24, 2.45) is 0 Å². The molecule has 0 radical (unpaired) electrons. The van der Waals surface area contributed by atoms with E-state index in [0.717, 1.165) is 16.5 Å². The number of methoxy groups -OCH3 is 2. The van der Waals surface area contributed by atoms with Crippen molar-refractivity contribution in [3.05, 3.63) is 74.1 Å². The zero-order valence-electron chi connectivity index (χ0n) is 17.1. The number of carbonyl (C=O) groups is 1. The number of hydrogen-bond acceptors (Lipinski definition) is 6. The lowest BCUT2D eigenvalue weighted by molar-refractivity contribution is -0.138. The first-order chi connectivity index (χ1) is 14.3. The third kappa shape index (κ3) is 4.49. The molecule has 6 nitrogen and oxygen atoms in total. The first kappa shape index (κ1) is 21.5. The second-order valence-corrected chi connectivity index (χ2v) is 7.06. The van der Waals surface area contributed by atoms with Gasteiger partial charge in [0.15, 0.2) is 11.5 Å². The van der Waals surface area contributed by atoms with Gasteiger partial charge in [-0.3, -0.25) is 0 Å². The maximum Gasteiger partial charge on any atom is 0.336 e. The third-order valence-corrected chi connectivity index (χ3v) is 5.04.